The van der Waals surface area contributed by atoms with Crippen molar-refractivity contribution in [3.8, 4) is 5.88 Å². The molecule has 0 aliphatic carbocycles. The second-order valence-electron chi connectivity index (χ2n) is 6.11. The van der Waals surface area contributed by atoms with Gasteiger partial charge in [-0.15, -0.1) is 11.3 Å². The molecule has 1 aliphatic rings. The summed E-state index contributed by atoms with van der Waals surface area (Å²) < 4.78 is 10.9. The monoisotopic (exact) mass is 362 g/mol. The van der Waals surface area contributed by atoms with E-state index in [2.05, 4.69) is 34.0 Å². The van der Waals surface area contributed by atoms with Crippen molar-refractivity contribution < 1.29 is 14.3 Å². The first-order chi connectivity index (χ1) is 12.0. The topological polar surface area (TPSA) is 76.6 Å². The Hall–Kier alpha value is -2.03. The number of nitrogens with one attached hydrogen (secondary N) is 1. The van der Waals surface area contributed by atoms with Crippen LogP contribution in [0.25, 0.3) is 0 Å². The van der Waals surface area contributed by atoms with Crippen LogP contribution in [0.3, 0.4) is 0 Å². The Morgan fingerprint density at radius 3 is 2.92 bits per heavy atom. The molecule has 0 saturated carbocycles. The number of pyridine rings is 1. The molecule has 25 heavy (non-hydrogen) atoms. The van der Waals surface area contributed by atoms with Gasteiger partial charge in [-0.2, -0.15) is 0 Å². The predicted molar refractivity (Wildman–Crippen MR) is 96.1 cm³/mol. The molecule has 1 amide bonds. The number of aromatic nitrogens is 2. The van der Waals surface area contributed by atoms with Crippen LogP contribution in [0.1, 0.15) is 29.9 Å². The number of rotatable bonds is 5. The van der Waals surface area contributed by atoms with Gasteiger partial charge in [0.2, 0.25) is 5.88 Å². The van der Waals surface area contributed by atoms with E-state index in [0.29, 0.717) is 16.6 Å². The minimum absolute atomic E-state index is 0.222. The van der Waals surface area contributed by atoms with Crippen LogP contribution in [-0.4, -0.2) is 53.2 Å². The first kappa shape index (κ1) is 17.8. The average Bonchev–Trinajstić information content (AvgIpc) is 3.00. The van der Waals surface area contributed by atoms with Crippen LogP contribution >= 0.6 is 11.3 Å². The number of anilines is 1. The molecule has 2 unspecified atom stereocenters. The molecule has 0 bridgehead atoms. The molecule has 0 aromatic carbocycles. The molecule has 134 valence electrons. The summed E-state index contributed by atoms with van der Waals surface area (Å²) in [5.41, 5.74) is 1.33. The third kappa shape index (κ3) is 4.53. The fourth-order valence-electron chi connectivity index (χ4n) is 2.97. The van der Waals surface area contributed by atoms with Gasteiger partial charge in [0, 0.05) is 31.2 Å². The summed E-state index contributed by atoms with van der Waals surface area (Å²) in [5, 5.41) is 5.36. The Bertz CT molecular complexity index is 726. The number of hydrogen-bond acceptors (Lipinski definition) is 7. The van der Waals surface area contributed by atoms with Crippen molar-refractivity contribution in [2.45, 2.75) is 32.6 Å². The number of morpholine rings is 1. The molecule has 8 heteroatoms. The number of nitrogens with zero attached hydrogens (tertiary/aromatic N) is 3. The predicted octanol–water partition coefficient (Wildman–Crippen LogP) is 2.41. The normalized spacial score (nSPS) is 21.1. The maximum atomic E-state index is 12.4. The Morgan fingerprint density at radius 1 is 1.44 bits per heavy atom. The molecule has 1 fully saturated rings. The van der Waals surface area contributed by atoms with E-state index in [0.717, 1.165) is 25.3 Å². The smallest absolute Gasteiger partial charge is 0.262 e. The van der Waals surface area contributed by atoms with Crippen molar-refractivity contribution in [3.63, 3.8) is 0 Å². The number of carbonyl (C=O) groups excluding carboxylic acids is 1. The molecule has 2 atom stereocenters. The summed E-state index contributed by atoms with van der Waals surface area (Å²) in [7, 11) is 1.49. The summed E-state index contributed by atoms with van der Waals surface area (Å²) >= 11 is 1.41. The number of methoxy groups -OCH3 is 1. The molecular weight excluding hydrogens is 340 g/mol. The van der Waals surface area contributed by atoms with Crippen LogP contribution in [0, 0.1) is 0 Å². The van der Waals surface area contributed by atoms with E-state index in [1.165, 1.54) is 18.4 Å². The van der Waals surface area contributed by atoms with Crippen LogP contribution in [0.2, 0.25) is 0 Å². The second-order valence-corrected chi connectivity index (χ2v) is 6.97. The molecule has 3 heterocycles. The molecular formula is C17H22N4O3S. The van der Waals surface area contributed by atoms with Crippen molar-refractivity contribution in [1.82, 2.24) is 14.9 Å². The highest BCUT2D eigenvalue weighted by molar-refractivity contribution is 7.14. The van der Waals surface area contributed by atoms with Gasteiger partial charge in [0.1, 0.15) is 5.56 Å². The number of hydrogen-bond donors (Lipinski definition) is 1. The van der Waals surface area contributed by atoms with Crippen molar-refractivity contribution in [1.29, 1.82) is 0 Å². The summed E-state index contributed by atoms with van der Waals surface area (Å²) in [6, 6.07) is 3.37. The Morgan fingerprint density at radius 2 is 2.20 bits per heavy atom. The minimum atomic E-state index is -0.278. The zero-order chi connectivity index (χ0) is 17.8. The minimum Gasteiger partial charge on any atom is -0.480 e. The number of amides is 1. The van der Waals surface area contributed by atoms with Gasteiger partial charge >= 0.3 is 0 Å². The SMILES string of the molecule is COc1ncccc1C(=O)Nc1nc(CN2CC(C)OC(C)C2)cs1. The fraction of sp³-hybridized carbons (Fsp3) is 0.471. The van der Waals surface area contributed by atoms with E-state index in [1.54, 1.807) is 18.3 Å². The maximum Gasteiger partial charge on any atom is 0.262 e. The van der Waals surface area contributed by atoms with Crippen molar-refractivity contribution in [2.24, 2.45) is 0 Å². The lowest BCUT2D eigenvalue weighted by molar-refractivity contribution is -0.0707. The second kappa shape index (κ2) is 7.90. The van der Waals surface area contributed by atoms with E-state index < -0.39 is 0 Å². The molecule has 1 N–H and O–H groups in total. The average molecular weight is 362 g/mol. The van der Waals surface area contributed by atoms with Gasteiger partial charge < -0.3 is 9.47 Å². The van der Waals surface area contributed by atoms with Gasteiger partial charge in [-0.1, -0.05) is 0 Å². The lowest BCUT2D eigenvalue weighted by atomic mass is 10.2. The van der Waals surface area contributed by atoms with Gasteiger partial charge in [-0.3, -0.25) is 15.0 Å². The molecule has 0 radical (unpaired) electrons. The molecule has 0 spiro atoms. The number of thiazole rings is 1. The first-order valence-corrected chi connectivity index (χ1v) is 9.05. The van der Waals surface area contributed by atoms with Crippen LogP contribution in [0.5, 0.6) is 5.88 Å². The van der Waals surface area contributed by atoms with Crippen LogP contribution in [0.15, 0.2) is 23.7 Å². The summed E-state index contributed by atoms with van der Waals surface area (Å²) in [6.45, 7) is 6.68. The lowest BCUT2D eigenvalue weighted by Crippen LogP contribution is -2.44. The highest BCUT2D eigenvalue weighted by atomic mass is 32.1. The number of ether oxygens (including phenoxy) is 2. The largest absolute Gasteiger partial charge is 0.480 e. The van der Waals surface area contributed by atoms with E-state index in [9.17, 15) is 4.79 Å². The summed E-state index contributed by atoms with van der Waals surface area (Å²) in [4.78, 5) is 23.3. The Labute approximate surface area is 151 Å². The van der Waals surface area contributed by atoms with E-state index in [-0.39, 0.29) is 18.1 Å². The van der Waals surface area contributed by atoms with Crippen LogP contribution in [0.4, 0.5) is 5.13 Å². The Balaban J connectivity index is 1.62. The highest BCUT2D eigenvalue weighted by Gasteiger charge is 2.23. The highest BCUT2D eigenvalue weighted by Crippen LogP contribution is 2.21. The van der Waals surface area contributed by atoms with E-state index in [1.807, 2.05) is 5.38 Å². The van der Waals surface area contributed by atoms with Crippen molar-refractivity contribution >= 4 is 22.4 Å². The van der Waals surface area contributed by atoms with Gasteiger partial charge in [0.25, 0.3) is 5.91 Å². The van der Waals surface area contributed by atoms with Crippen molar-refractivity contribution in [3.05, 3.63) is 35.0 Å². The molecule has 2 aromatic heterocycles. The molecule has 2 aromatic rings. The third-order valence-electron chi connectivity index (χ3n) is 3.86. The first-order valence-electron chi connectivity index (χ1n) is 8.17. The zero-order valence-corrected chi connectivity index (χ0v) is 15.4. The quantitative estimate of drug-likeness (QED) is 0.880. The standard InChI is InChI=1S/C17H22N4O3S/c1-11-7-21(8-12(2)24-11)9-13-10-25-17(19-13)20-15(22)14-5-4-6-18-16(14)23-3/h4-6,10-12H,7-9H2,1-3H3,(H,19,20,22). The Kier molecular flexibility index (Phi) is 5.62. The zero-order valence-electron chi connectivity index (χ0n) is 14.6. The molecule has 7 nitrogen and oxygen atoms in total. The maximum absolute atomic E-state index is 12.4. The van der Waals surface area contributed by atoms with E-state index in [4.69, 9.17) is 9.47 Å². The van der Waals surface area contributed by atoms with Crippen LogP contribution in [-0.2, 0) is 11.3 Å². The van der Waals surface area contributed by atoms with Gasteiger partial charge in [0.15, 0.2) is 5.13 Å². The molecule has 3 rings (SSSR count). The lowest BCUT2D eigenvalue weighted by Gasteiger charge is -2.34. The summed E-state index contributed by atoms with van der Waals surface area (Å²) in [5.74, 6) is 0.0209. The van der Waals surface area contributed by atoms with Gasteiger partial charge in [-0.25, -0.2) is 9.97 Å². The molecule has 1 saturated heterocycles. The molecule has 1 aliphatic heterocycles. The van der Waals surface area contributed by atoms with Crippen molar-refractivity contribution in [2.75, 3.05) is 25.5 Å². The van der Waals surface area contributed by atoms with E-state index >= 15 is 0 Å². The van der Waals surface area contributed by atoms with Crippen LogP contribution < -0.4 is 10.1 Å². The van der Waals surface area contributed by atoms with Gasteiger partial charge in [-0.05, 0) is 26.0 Å². The summed E-state index contributed by atoms with van der Waals surface area (Å²) in [6.07, 6.45) is 2.03. The third-order valence-corrected chi connectivity index (χ3v) is 4.67. The number of carbonyl (C=O) groups is 1. The van der Waals surface area contributed by atoms with Gasteiger partial charge in [0.05, 0.1) is 25.0 Å². The fourth-order valence-corrected chi connectivity index (χ4v) is 3.67.